The van der Waals surface area contributed by atoms with Crippen LogP contribution in [0.3, 0.4) is 0 Å². The second-order valence-corrected chi connectivity index (χ2v) is 6.68. The minimum absolute atomic E-state index is 0.0798. The zero-order chi connectivity index (χ0) is 14.6. The molecule has 1 unspecified atom stereocenters. The summed E-state index contributed by atoms with van der Waals surface area (Å²) in [5.74, 6) is -0.319. The van der Waals surface area contributed by atoms with Crippen molar-refractivity contribution in [2.24, 2.45) is 5.92 Å². The highest BCUT2D eigenvalue weighted by Gasteiger charge is 2.23. The second-order valence-electron chi connectivity index (χ2n) is 4.99. The van der Waals surface area contributed by atoms with E-state index in [1.807, 2.05) is 13.8 Å². The fourth-order valence-electron chi connectivity index (χ4n) is 1.89. The van der Waals surface area contributed by atoms with E-state index in [-0.39, 0.29) is 23.0 Å². The van der Waals surface area contributed by atoms with Crippen molar-refractivity contribution in [2.75, 3.05) is 6.61 Å². The van der Waals surface area contributed by atoms with Gasteiger partial charge in [0.05, 0.1) is 11.5 Å². The van der Waals surface area contributed by atoms with E-state index in [1.165, 1.54) is 25.1 Å². The molecule has 0 heterocycles. The Balaban J connectivity index is 3.01. The third-order valence-electron chi connectivity index (χ3n) is 2.81. The Morgan fingerprint density at radius 3 is 2.53 bits per heavy atom. The van der Waals surface area contributed by atoms with E-state index >= 15 is 0 Å². The first kappa shape index (κ1) is 16.1. The largest absolute Gasteiger partial charge is 0.395 e. The van der Waals surface area contributed by atoms with E-state index in [2.05, 4.69) is 4.72 Å². The number of benzene rings is 1. The maximum absolute atomic E-state index is 13.4. The molecular weight excluding hydrogens is 269 g/mol. The fourth-order valence-corrected chi connectivity index (χ4v) is 3.39. The van der Waals surface area contributed by atoms with Crippen LogP contribution in [-0.2, 0) is 10.0 Å². The summed E-state index contributed by atoms with van der Waals surface area (Å²) in [6.07, 6.45) is 0.518. The summed E-state index contributed by atoms with van der Waals surface area (Å²) in [6.45, 7) is 5.00. The van der Waals surface area contributed by atoms with Crippen molar-refractivity contribution in [1.82, 2.24) is 4.72 Å². The number of aliphatic hydroxyl groups excluding tert-OH is 1. The van der Waals surface area contributed by atoms with Gasteiger partial charge in [0.2, 0.25) is 10.0 Å². The Labute approximate surface area is 113 Å². The Hall–Kier alpha value is -0.980. The molecule has 0 fully saturated rings. The van der Waals surface area contributed by atoms with Gasteiger partial charge in [-0.2, -0.15) is 0 Å². The molecule has 0 bridgehead atoms. The van der Waals surface area contributed by atoms with Gasteiger partial charge >= 0.3 is 0 Å². The van der Waals surface area contributed by atoms with Crippen LogP contribution in [0, 0.1) is 18.7 Å². The molecule has 0 saturated carbocycles. The summed E-state index contributed by atoms with van der Waals surface area (Å²) in [6, 6.07) is 3.36. The lowest BCUT2D eigenvalue weighted by Gasteiger charge is -2.19. The first-order valence-corrected chi connectivity index (χ1v) is 7.64. The van der Waals surface area contributed by atoms with Gasteiger partial charge in [-0.15, -0.1) is 0 Å². The molecular formula is C13H20FNO3S. The molecule has 6 heteroatoms. The van der Waals surface area contributed by atoms with E-state index in [0.29, 0.717) is 6.42 Å². The van der Waals surface area contributed by atoms with Crippen molar-refractivity contribution < 1.29 is 17.9 Å². The lowest BCUT2D eigenvalue weighted by atomic mass is 10.1. The van der Waals surface area contributed by atoms with Gasteiger partial charge in [0, 0.05) is 11.6 Å². The zero-order valence-corrected chi connectivity index (χ0v) is 12.2. The van der Waals surface area contributed by atoms with Crippen LogP contribution >= 0.6 is 0 Å². The van der Waals surface area contributed by atoms with E-state index in [9.17, 15) is 17.9 Å². The Kier molecular flexibility index (Phi) is 5.46. The van der Waals surface area contributed by atoms with Crippen molar-refractivity contribution in [3.05, 3.63) is 29.6 Å². The van der Waals surface area contributed by atoms with Gasteiger partial charge in [0.1, 0.15) is 5.82 Å². The Morgan fingerprint density at radius 2 is 2.00 bits per heavy atom. The van der Waals surface area contributed by atoms with E-state index in [4.69, 9.17) is 0 Å². The standard InChI is InChI=1S/C13H20FNO3S/c1-9(2)7-11(8-16)15-19(17,18)13-6-4-5-12(14)10(13)3/h4-6,9,11,15-16H,7-8H2,1-3H3. The van der Waals surface area contributed by atoms with Crippen molar-refractivity contribution in [3.8, 4) is 0 Å². The highest BCUT2D eigenvalue weighted by molar-refractivity contribution is 7.89. The SMILES string of the molecule is Cc1c(F)cccc1S(=O)(=O)NC(CO)CC(C)C. The molecule has 0 aliphatic rings. The van der Waals surface area contributed by atoms with Gasteiger partial charge in [-0.3, -0.25) is 0 Å². The molecule has 0 aliphatic heterocycles. The molecule has 0 spiro atoms. The van der Waals surface area contributed by atoms with Crippen LogP contribution in [0.2, 0.25) is 0 Å². The van der Waals surface area contributed by atoms with Crippen LogP contribution in [0.15, 0.2) is 23.1 Å². The molecule has 1 aromatic carbocycles. The minimum Gasteiger partial charge on any atom is -0.395 e. The van der Waals surface area contributed by atoms with Gasteiger partial charge in [0.15, 0.2) is 0 Å². The number of rotatable bonds is 6. The third kappa shape index (κ3) is 4.26. The highest BCUT2D eigenvalue weighted by atomic mass is 32.2. The van der Waals surface area contributed by atoms with Crippen molar-refractivity contribution >= 4 is 10.0 Å². The minimum atomic E-state index is -3.82. The molecule has 0 amide bonds. The van der Waals surface area contributed by atoms with Crippen molar-refractivity contribution in [1.29, 1.82) is 0 Å². The summed E-state index contributed by atoms with van der Waals surface area (Å²) < 4.78 is 40.1. The van der Waals surface area contributed by atoms with Crippen LogP contribution in [-0.4, -0.2) is 26.2 Å². The summed E-state index contributed by atoms with van der Waals surface area (Å²) in [4.78, 5) is -0.0882. The number of hydrogen-bond acceptors (Lipinski definition) is 3. The molecule has 1 rings (SSSR count). The predicted octanol–water partition coefficient (Wildman–Crippen LogP) is 1.82. The lowest BCUT2D eigenvalue weighted by molar-refractivity contribution is 0.240. The van der Waals surface area contributed by atoms with Crippen molar-refractivity contribution in [2.45, 2.75) is 38.1 Å². The molecule has 2 N–H and O–H groups in total. The molecule has 0 aliphatic carbocycles. The summed E-state index contributed by atoms with van der Waals surface area (Å²) in [5, 5.41) is 9.21. The maximum atomic E-state index is 13.4. The number of sulfonamides is 1. The number of nitrogens with one attached hydrogen (secondary N) is 1. The fraction of sp³-hybridized carbons (Fsp3) is 0.538. The topological polar surface area (TPSA) is 66.4 Å². The number of aliphatic hydroxyl groups is 1. The van der Waals surface area contributed by atoms with Gasteiger partial charge in [-0.05, 0) is 31.4 Å². The van der Waals surface area contributed by atoms with Gasteiger partial charge in [0.25, 0.3) is 0 Å². The molecule has 0 aromatic heterocycles. The lowest BCUT2D eigenvalue weighted by Crippen LogP contribution is -2.38. The molecule has 0 saturated heterocycles. The van der Waals surface area contributed by atoms with Crippen LogP contribution in [0.5, 0.6) is 0 Å². The molecule has 0 radical (unpaired) electrons. The number of halogens is 1. The molecule has 108 valence electrons. The monoisotopic (exact) mass is 289 g/mol. The number of hydrogen-bond donors (Lipinski definition) is 2. The molecule has 1 atom stereocenters. The first-order valence-electron chi connectivity index (χ1n) is 6.16. The van der Waals surface area contributed by atoms with Crippen LogP contribution < -0.4 is 4.72 Å². The van der Waals surface area contributed by atoms with E-state index in [1.54, 1.807) is 0 Å². The highest BCUT2D eigenvalue weighted by Crippen LogP contribution is 2.18. The van der Waals surface area contributed by atoms with Gasteiger partial charge in [-0.1, -0.05) is 19.9 Å². The first-order chi connectivity index (χ1) is 8.77. The smallest absolute Gasteiger partial charge is 0.241 e. The summed E-state index contributed by atoms with van der Waals surface area (Å²) >= 11 is 0. The average Bonchev–Trinajstić information content (AvgIpc) is 2.30. The third-order valence-corrected chi connectivity index (χ3v) is 4.47. The Bertz CT molecular complexity index is 529. The average molecular weight is 289 g/mol. The van der Waals surface area contributed by atoms with Gasteiger partial charge in [-0.25, -0.2) is 17.5 Å². The molecule has 4 nitrogen and oxygen atoms in total. The molecule has 19 heavy (non-hydrogen) atoms. The maximum Gasteiger partial charge on any atom is 0.241 e. The van der Waals surface area contributed by atoms with Crippen LogP contribution in [0.1, 0.15) is 25.8 Å². The Morgan fingerprint density at radius 1 is 1.37 bits per heavy atom. The van der Waals surface area contributed by atoms with Crippen LogP contribution in [0.25, 0.3) is 0 Å². The predicted molar refractivity (Wildman–Crippen MR) is 71.8 cm³/mol. The quantitative estimate of drug-likeness (QED) is 0.839. The van der Waals surface area contributed by atoms with Crippen LogP contribution in [0.4, 0.5) is 4.39 Å². The normalized spacial score (nSPS) is 13.8. The van der Waals surface area contributed by atoms with Gasteiger partial charge < -0.3 is 5.11 Å². The summed E-state index contributed by atoms with van der Waals surface area (Å²) in [5.41, 5.74) is 0.0798. The van der Waals surface area contributed by atoms with Crippen molar-refractivity contribution in [3.63, 3.8) is 0 Å². The van der Waals surface area contributed by atoms with E-state index < -0.39 is 21.9 Å². The summed E-state index contributed by atoms with van der Waals surface area (Å²) in [7, 11) is -3.82. The zero-order valence-electron chi connectivity index (χ0n) is 11.4. The molecule has 1 aromatic rings. The second kappa shape index (κ2) is 6.45. The van der Waals surface area contributed by atoms with E-state index in [0.717, 1.165) is 0 Å².